The molecular formula is C31H27F2N3O4. The molecule has 0 spiro atoms. The zero-order chi connectivity index (χ0) is 28.2. The first kappa shape index (κ1) is 25.9. The number of halogens is 2. The lowest BCUT2D eigenvalue weighted by Gasteiger charge is -2.23. The number of hydrogen-bond acceptors (Lipinski definition) is 5. The molecule has 4 N–H and O–H groups in total. The van der Waals surface area contributed by atoms with Crippen molar-refractivity contribution in [1.82, 2.24) is 15.0 Å². The van der Waals surface area contributed by atoms with E-state index in [9.17, 15) is 23.8 Å². The van der Waals surface area contributed by atoms with E-state index < -0.39 is 29.1 Å². The van der Waals surface area contributed by atoms with Crippen molar-refractivity contribution in [2.75, 3.05) is 0 Å². The molecule has 3 aromatic carbocycles. The third kappa shape index (κ3) is 4.47. The zero-order valence-electron chi connectivity index (χ0n) is 21.8. The molecule has 7 nitrogen and oxygen atoms in total. The lowest BCUT2D eigenvalue weighted by atomic mass is 9.90. The molecule has 2 unspecified atom stereocenters. The van der Waals surface area contributed by atoms with Gasteiger partial charge in [-0.3, -0.25) is 4.79 Å². The van der Waals surface area contributed by atoms with Gasteiger partial charge in [-0.1, -0.05) is 30.3 Å². The third-order valence-electron chi connectivity index (χ3n) is 7.65. The predicted octanol–water partition coefficient (Wildman–Crippen LogP) is 5.55. The summed E-state index contributed by atoms with van der Waals surface area (Å²) in [5.41, 5.74) is 2.59. The van der Waals surface area contributed by atoms with Gasteiger partial charge in [0.2, 0.25) is 0 Å². The Bertz CT molecular complexity index is 1750. The van der Waals surface area contributed by atoms with Crippen LogP contribution in [0.4, 0.5) is 8.78 Å². The van der Waals surface area contributed by atoms with Crippen LogP contribution in [0.15, 0.2) is 67.0 Å². The highest BCUT2D eigenvalue weighted by atomic mass is 19.1. The van der Waals surface area contributed by atoms with Crippen molar-refractivity contribution in [3.63, 3.8) is 0 Å². The Morgan fingerprint density at radius 1 is 1.12 bits per heavy atom. The van der Waals surface area contributed by atoms with Crippen molar-refractivity contribution in [3.05, 3.63) is 101 Å². The Labute approximate surface area is 228 Å². The molecule has 2 aromatic heterocycles. The number of carbonyl (C=O) groups is 1. The first-order valence-corrected chi connectivity index (χ1v) is 13.0. The Kier molecular flexibility index (Phi) is 6.28. The summed E-state index contributed by atoms with van der Waals surface area (Å²) in [7, 11) is 0. The number of nitrogens with zero attached hydrogens (tertiary/aromatic N) is 1. The first-order valence-electron chi connectivity index (χ1n) is 13.0. The molecule has 5 aromatic rings. The predicted molar refractivity (Wildman–Crippen MR) is 145 cm³/mol. The minimum absolute atomic E-state index is 0.176. The molecular weight excluding hydrogens is 516 g/mol. The van der Waals surface area contributed by atoms with E-state index in [1.165, 1.54) is 31.5 Å². The maximum atomic E-state index is 14.9. The lowest BCUT2D eigenvalue weighted by molar-refractivity contribution is -0.130. The highest BCUT2D eigenvalue weighted by molar-refractivity contribution is 5.86. The number of hydrogen-bond donors (Lipinski definition) is 4. The smallest absolute Gasteiger partial charge is 0.199 e. The van der Waals surface area contributed by atoms with Crippen LogP contribution < -0.4 is 4.74 Å². The maximum absolute atomic E-state index is 14.9. The highest BCUT2D eigenvalue weighted by Gasteiger charge is 2.33. The largest absolute Gasteiger partial charge is 0.451 e. The number of ketones is 1. The standard InChI is InChI=1S/C31H27F2N3O4/c1-16(37)28(38)20-10-17-6-7-21(12-19(17)11-20)31(2,39)26-15-35-30(36-26)18-4-3-5-22(13-18)40-29-24(32)14-25-23(27(29)33)8-9-34-25/h3-9,12-16,20,34,37,39H,10-11H2,1-2H3,(H,35,36)/t16-,20?,31?/m1/s1. The first-order chi connectivity index (χ1) is 19.1. The van der Waals surface area contributed by atoms with Gasteiger partial charge in [-0.05, 0) is 61.6 Å². The maximum Gasteiger partial charge on any atom is 0.199 e. The number of nitrogens with one attached hydrogen (secondary N) is 2. The number of carbonyl (C=O) groups excluding carboxylic acids is 1. The fourth-order valence-corrected chi connectivity index (χ4v) is 5.36. The summed E-state index contributed by atoms with van der Waals surface area (Å²) < 4.78 is 35.1. The summed E-state index contributed by atoms with van der Waals surface area (Å²) in [5, 5.41) is 21.4. The highest BCUT2D eigenvalue weighted by Crippen LogP contribution is 2.36. The summed E-state index contributed by atoms with van der Waals surface area (Å²) in [6, 6.07) is 15.0. The summed E-state index contributed by atoms with van der Waals surface area (Å²) in [6.45, 7) is 3.14. The van der Waals surface area contributed by atoms with Crippen LogP contribution in [0.1, 0.15) is 36.2 Å². The van der Waals surface area contributed by atoms with Crippen molar-refractivity contribution in [2.24, 2.45) is 5.92 Å². The van der Waals surface area contributed by atoms with Crippen LogP contribution >= 0.6 is 0 Å². The SMILES string of the molecule is C[C@@H](O)C(=O)C1Cc2ccc(C(C)(O)c3cnc(-c4cccc(Oc5c(F)cc6[nH]ccc6c5F)c4)[nH]3)cc2C1. The molecule has 0 saturated heterocycles. The topological polar surface area (TPSA) is 111 Å². The quantitative estimate of drug-likeness (QED) is 0.215. The Morgan fingerprint density at radius 3 is 2.73 bits per heavy atom. The number of ether oxygens (including phenoxy) is 1. The van der Waals surface area contributed by atoms with Crippen molar-refractivity contribution >= 4 is 16.7 Å². The van der Waals surface area contributed by atoms with Crippen molar-refractivity contribution in [2.45, 2.75) is 38.4 Å². The molecule has 204 valence electrons. The number of fused-ring (bicyclic) bond motifs is 2. The van der Waals surface area contributed by atoms with Crippen LogP contribution in [0.25, 0.3) is 22.3 Å². The molecule has 6 rings (SSSR count). The Hall–Kier alpha value is -4.34. The monoisotopic (exact) mass is 543 g/mol. The van der Waals surface area contributed by atoms with E-state index in [0.717, 1.165) is 11.1 Å². The van der Waals surface area contributed by atoms with E-state index in [-0.39, 0.29) is 22.8 Å². The van der Waals surface area contributed by atoms with E-state index in [4.69, 9.17) is 4.74 Å². The van der Waals surface area contributed by atoms with E-state index in [1.807, 2.05) is 18.2 Å². The van der Waals surface area contributed by atoms with E-state index in [1.54, 1.807) is 31.2 Å². The zero-order valence-corrected chi connectivity index (χ0v) is 21.8. The van der Waals surface area contributed by atoms with Gasteiger partial charge in [0.25, 0.3) is 0 Å². The van der Waals surface area contributed by atoms with Crippen LogP contribution in [0, 0.1) is 17.6 Å². The minimum atomic E-state index is -1.42. The minimum Gasteiger partial charge on any atom is -0.451 e. The van der Waals surface area contributed by atoms with Crippen LogP contribution in [0.5, 0.6) is 11.5 Å². The van der Waals surface area contributed by atoms with Gasteiger partial charge < -0.3 is 24.9 Å². The summed E-state index contributed by atoms with van der Waals surface area (Å²) >= 11 is 0. The number of aromatic amines is 2. The molecule has 0 saturated carbocycles. The summed E-state index contributed by atoms with van der Waals surface area (Å²) in [6.07, 6.45) is 3.15. The molecule has 2 heterocycles. The molecule has 0 radical (unpaired) electrons. The lowest BCUT2D eigenvalue weighted by Crippen LogP contribution is -2.25. The molecule has 0 aliphatic heterocycles. The second kappa shape index (κ2) is 9.69. The number of rotatable bonds is 7. The molecule has 9 heteroatoms. The molecule has 1 aliphatic rings. The van der Waals surface area contributed by atoms with E-state index in [0.29, 0.717) is 41.0 Å². The van der Waals surface area contributed by atoms with E-state index >= 15 is 0 Å². The van der Waals surface area contributed by atoms with Crippen LogP contribution in [-0.4, -0.2) is 37.1 Å². The summed E-state index contributed by atoms with van der Waals surface area (Å²) in [4.78, 5) is 22.7. The molecule has 0 bridgehead atoms. The average molecular weight is 544 g/mol. The van der Waals surface area contributed by atoms with Crippen molar-refractivity contribution in [3.8, 4) is 22.9 Å². The Balaban J connectivity index is 1.25. The number of H-pyrrole nitrogens is 2. The van der Waals surface area contributed by atoms with Gasteiger partial charge in [0.05, 0.1) is 17.4 Å². The number of aliphatic hydroxyl groups is 2. The number of imidazole rings is 1. The molecule has 3 atom stereocenters. The molecule has 1 aliphatic carbocycles. The van der Waals surface area contributed by atoms with Gasteiger partial charge in [0.1, 0.15) is 23.3 Å². The molecule has 0 fully saturated rings. The third-order valence-corrected chi connectivity index (χ3v) is 7.65. The Morgan fingerprint density at radius 2 is 1.93 bits per heavy atom. The summed E-state index contributed by atoms with van der Waals surface area (Å²) in [5.74, 6) is -1.92. The number of benzene rings is 3. The normalized spacial score (nSPS) is 17.0. The van der Waals surface area contributed by atoms with Crippen LogP contribution in [-0.2, 0) is 23.2 Å². The number of Topliss-reactive ketones (excluding diaryl/α,β-unsaturated/α-hetero) is 1. The molecule has 0 amide bonds. The second-order valence-electron chi connectivity index (χ2n) is 10.5. The van der Waals surface area contributed by atoms with Gasteiger partial charge in [-0.25, -0.2) is 13.8 Å². The van der Waals surface area contributed by atoms with Gasteiger partial charge in [0.15, 0.2) is 23.2 Å². The van der Waals surface area contributed by atoms with Crippen LogP contribution in [0.3, 0.4) is 0 Å². The van der Waals surface area contributed by atoms with Gasteiger partial charge >= 0.3 is 0 Å². The van der Waals surface area contributed by atoms with Gasteiger partial charge in [-0.2, -0.15) is 0 Å². The number of aromatic nitrogens is 3. The van der Waals surface area contributed by atoms with Crippen molar-refractivity contribution < 1.29 is 28.5 Å². The fraction of sp³-hybridized carbons (Fsp3) is 0.226. The van der Waals surface area contributed by atoms with Gasteiger partial charge in [-0.15, -0.1) is 0 Å². The van der Waals surface area contributed by atoms with E-state index in [2.05, 4.69) is 15.0 Å². The fourth-order valence-electron chi connectivity index (χ4n) is 5.36. The molecule has 40 heavy (non-hydrogen) atoms. The van der Waals surface area contributed by atoms with Gasteiger partial charge in [0, 0.05) is 29.1 Å². The average Bonchev–Trinajstić information content (AvgIpc) is 3.70. The second-order valence-corrected chi connectivity index (χ2v) is 10.5. The van der Waals surface area contributed by atoms with Crippen LogP contribution in [0.2, 0.25) is 0 Å². The van der Waals surface area contributed by atoms with Crippen molar-refractivity contribution in [1.29, 1.82) is 0 Å². The number of aliphatic hydroxyl groups excluding tert-OH is 1.